The fourth-order valence-corrected chi connectivity index (χ4v) is 4.62. The third-order valence-electron chi connectivity index (χ3n) is 6.01. The smallest absolute Gasteiger partial charge is 0.0159 e. The van der Waals surface area contributed by atoms with Crippen LogP contribution in [0.4, 0.5) is 0 Å². The molecule has 5 rings (SSSR count). The molecule has 126 valence electrons. The molecule has 0 unspecified atom stereocenters. The standard InChI is InChI=1S/C26H22/c1-17-12-13-18-8-4-5-9-20(18)25(17)19-14-15-22-21-10-6-7-11-23(21)26(2,3)24(22)16-19/h4-16H,1-3H3. The Morgan fingerprint density at radius 3 is 2.27 bits per heavy atom. The summed E-state index contributed by atoms with van der Waals surface area (Å²) < 4.78 is 0. The van der Waals surface area contributed by atoms with Gasteiger partial charge in [0.2, 0.25) is 0 Å². The fraction of sp³-hybridized carbons (Fsp3) is 0.154. The van der Waals surface area contributed by atoms with E-state index in [9.17, 15) is 0 Å². The van der Waals surface area contributed by atoms with Crippen LogP contribution in [0.3, 0.4) is 0 Å². The van der Waals surface area contributed by atoms with Gasteiger partial charge in [-0.3, -0.25) is 0 Å². The van der Waals surface area contributed by atoms with Gasteiger partial charge in [-0.05, 0) is 62.7 Å². The lowest BCUT2D eigenvalue weighted by Crippen LogP contribution is -2.14. The summed E-state index contributed by atoms with van der Waals surface area (Å²) in [5.41, 5.74) is 9.68. The van der Waals surface area contributed by atoms with E-state index in [-0.39, 0.29) is 5.41 Å². The van der Waals surface area contributed by atoms with Gasteiger partial charge in [0.25, 0.3) is 0 Å². The van der Waals surface area contributed by atoms with Crippen molar-refractivity contribution in [2.45, 2.75) is 26.2 Å². The second-order valence-corrected chi connectivity index (χ2v) is 7.91. The van der Waals surface area contributed by atoms with Crippen molar-refractivity contribution in [3.63, 3.8) is 0 Å². The number of benzene rings is 4. The van der Waals surface area contributed by atoms with Gasteiger partial charge in [0.15, 0.2) is 0 Å². The van der Waals surface area contributed by atoms with E-state index in [4.69, 9.17) is 0 Å². The van der Waals surface area contributed by atoms with Crippen molar-refractivity contribution in [2.24, 2.45) is 0 Å². The van der Waals surface area contributed by atoms with E-state index in [1.807, 2.05) is 0 Å². The summed E-state index contributed by atoms with van der Waals surface area (Å²) in [5.74, 6) is 0. The summed E-state index contributed by atoms with van der Waals surface area (Å²) in [6.45, 7) is 6.91. The zero-order valence-corrected chi connectivity index (χ0v) is 15.5. The molecule has 4 aromatic rings. The Morgan fingerprint density at radius 1 is 0.654 bits per heavy atom. The van der Waals surface area contributed by atoms with E-state index in [0.717, 1.165) is 0 Å². The molecule has 0 aliphatic heterocycles. The highest BCUT2D eigenvalue weighted by Gasteiger charge is 2.35. The quantitative estimate of drug-likeness (QED) is 0.347. The highest BCUT2D eigenvalue weighted by molar-refractivity contribution is 5.99. The lowest BCUT2D eigenvalue weighted by molar-refractivity contribution is 0.660. The number of fused-ring (bicyclic) bond motifs is 4. The van der Waals surface area contributed by atoms with Gasteiger partial charge in [0.05, 0.1) is 0 Å². The summed E-state index contributed by atoms with van der Waals surface area (Å²) in [5, 5.41) is 2.64. The Labute approximate surface area is 155 Å². The van der Waals surface area contributed by atoms with E-state index >= 15 is 0 Å². The van der Waals surface area contributed by atoms with Crippen molar-refractivity contribution >= 4 is 10.8 Å². The molecule has 0 fully saturated rings. The van der Waals surface area contributed by atoms with E-state index in [1.165, 1.54) is 49.7 Å². The van der Waals surface area contributed by atoms with Gasteiger partial charge < -0.3 is 0 Å². The van der Waals surface area contributed by atoms with E-state index in [2.05, 4.69) is 99.6 Å². The molecule has 0 atom stereocenters. The van der Waals surface area contributed by atoms with Crippen LogP contribution >= 0.6 is 0 Å². The molecule has 0 heterocycles. The van der Waals surface area contributed by atoms with Gasteiger partial charge in [-0.25, -0.2) is 0 Å². The summed E-state index contributed by atoms with van der Waals surface area (Å²) in [6.07, 6.45) is 0. The molecule has 0 N–H and O–H groups in total. The van der Waals surface area contributed by atoms with Crippen LogP contribution in [0.5, 0.6) is 0 Å². The van der Waals surface area contributed by atoms with Crippen LogP contribution in [0.15, 0.2) is 78.9 Å². The van der Waals surface area contributed by atoms with Crippen molar-refractivity contribution in [3.8, 4) is 22.3 Å². The third-order valence-corrected chi connectivity index (χ3v) is 6.01. The minimum Gasteiger partial charge on any atom is -0.0619 e. The van der Waals surface area contributed by atoms with Gasteiger partial charge in [0, 0.05) is 5.41 Å². The SMILES string of the molecule is Cc1ccc2ccccc2c1-c1ccc2c(c1)C(C)(C)c1ccccc1-2. The number of rotatable bonds is 1. The van der Waals surface area contributed by atoms with E-state index in [1.54, 1.807) is 0 Å². The average molecular weight is 334 g/mol. The lowest BCUT2D eigenvalue weighted by Gasteiger charge is -2.22. The first-order valence-corrected chi connectivity index (χ1v) is 9.30. The van der Waals surface area contributed by atoms with Crippen molar-refractivity contribution in [2.75, 3.05) is 0 Å². The van der Waals surface area contributed by atoms with Crippen LogP contribution in [0.2, 0.25) is 0 Å². The highest BCUT2D eigenvalue weighted by atomic mass is 14.4. The Bertz CT molecular complexity index is 1160. The average Bonchev–Trinajstić information content (AvgIpc) is 2.89. The normalized spacial score (nSPS) is 14.3. The molecular formula is C26H22. The van der Waals surface area contributed by atoms with Crippen LogP contribution in [0, 0.1) is 6.92 Å². The second-order valence-electron chi connectivity index (χ2n) is 7.91. The first-order valence-electron chi connectivity index (χ1n) is 9.30. The summed E-state index contributed by atoms with van der Waals surface area (Å²) in [4.78, 5) is 0. The van der Waals surface area contributed by atoms with Crippen molar-refractivity contribution in [3.05, 3.63) is 95.6 Å². The maximum Gasteiger partial charge on any atom is 0.0159 e. The van der Waals surface area contributed by atoms with Crippen LogP contribution in [0.1, 0.15) is 30.5 Å². The molecule has 0 bridgehead atoms. The van der Waals surface area contributed by atoms with Crippen LogP contribution in [-0.2, 0) is 5.41 Å². The molecule has 1 aliphatic carbocycles. The predicted octanol–water partition coefficient (Wildman–Crippen LogP) is 7.12. The predicted molar refractivity (Wildman–Crippen MR) is 112 cm³/mol. The molecule has 1 aliphatic rings. The first-order chi connectivity index (χ1) is 12.6. The highest BCUT2D eigenvalue weighted by Crippen LogP contribution is 2.49. The van der Waals surface area contributed by atoms with Gasteiger partial charge in [-0.15, -0.1) is 0 Å². The number of hydrogen-bond donors (Lipinski definition) is 0. The Hall–Kier alpha value is -2.86. The minimum absolute atomic E-state index is 0.0421. The molecule has 0 aromatic heterocycles. The fourth-order valence-electron chi connectivity index (χ4n) is 4.62. The third kappa shape index (κ3) is 2.02. The van der Waals surface area contributed by atoms with Crippen LogP contribution in [0.25, 0.3) is 33.0 Å². The molecule has 4 aromatic carbocycles. The van der Waals surface area contributed by atoms with E-state index in [0.29, 0.717) is 0 Å². The molecule has 0 saturated heterocycles. The molecule has 0 saturated carbocycles. The Kier molecular flexibility index (Phi) is 3.15. The van der Waals surface area contributed by atoms with Crippen LogP contribution in [-0.4, -0.2) is 0 Å². The van der Waals surface area contributed by atoms with Gasteiger partial charge in [-0.2, -0.15) is 0 Å². The zero-order chi connectivity index (χ0) is 17.9. The van der Waals surface area contributed by atoms with Crippen molar-refractivity contribution in [1.29, 1.82) is 0 Å². The summed E-state index contributed by atoms with van der Waals surface area (Å²) in [7, 11) is 0. The monoisotopic (exact) mass is 334 g/mol. The largest absolute Gasteiger partial charge is 0.0619 e. The van der Waals surface area contributed by atoms with Crippen molar-refractivity contribution in [1.82, 2.24) is 0 Å². The zero-order valence-electron chi connectivity index (χ0n) is 15.5. The lowest BCUT2D eigenvalue weighted by atomic mass is 9.81. The maximum atomic E-state index is 2.42. The second kappa shape index (κ2) is 5.32. The molecule has 26 heavy (non-hydrogen) atoms. The topological polar surface area (TPSA) is 0 Å². The molecule has 0 heteroatoms. The maximum absolute atomic E-state index is 2.42. The molecule has 0 nitrogen and oxygen atoms in total. The summed E-state index contributed by atoms with van der Waals surface area (Å²) >= 11 is 0. The van der Waals surface area contributed by atoms with Gasteiger partial charge >= 0.3 is 0 Å². The Morgan fingerprint density at radius 2 is 1.38 bits per heavy atom. The van der Waals surface area contributed by atoms with Gasteiger partial charge in [-0.1, -0.05) is 86.6 Å². The number of aryl methyl sites for hydroxylation is 1. The van der Waals surface area contributed by atoms with E-state index < -0.39 is 0 Å². The Balaban J connectivity index is 1.79. The van der Waals surface area contributed by atoms with Gasteiger partial charge in [0.1, 0.15) is 0 Å². The summed E-state index contributed by atoms with van der Waals surface area (Å²) in [6, 6.07) is 29.0. The number of hydrogen-bond acceptors (Lipinski definition) is 0. The molecule has 0 spiro atoms. The van der Waals surface area contributed by atoms with Crippen LogP contribution < -0.4 is 0 Å². The first kappa shape index (κ1) is 15.4. The van der Waals surface area contributed by atoms with Crippen molar-refractivity contribution < 1.29 is 0 Å². The molecular weight excluding hydrogens is 312 g/mol. The molecule has 0 radical (unpaired) electrons. The molecule has 0 amide bonds. The minimum atomic E-state index is 0.0421.